The summed E-state index contributed by atoms with van der Waals surface area (Å²) in [5, 5.41) is 2.63. The Labute approximate surface area is 186 Å². The maximum absolute atomic E-state index is 12.7. The van der Waals surface area contributed by atoms with Gasteiger partial charge >= 0.3 is 6.09 Å². The number of benzene rings is 2. The summed E-state index contributed by atoms with van der Waals surface area (Å²) in [6.45, 7) is 3.39. The molecule has 2 aromatic rings. The number of imide groups is 1. The van der Waals surface area contributed by atoms with Crippen LogP contribution in [0.25, 0.3) is 11.1 Å². The van der Waals surface area contributed by atoms with Gasteiger partial charge in [-0.15, -0.1) is 0 Å². The molecule has 3 amide bonds. The van der Waals surface area contributed by atoms with Crippen LogP contribution in [0.4, 0.5) is 4.79 Å². The quantitative estimate of drug-likeness (QED) is 0.675. The number of likely N-dealkylation sites (tertiary alicyclic amines) is 1. The van der Waals surface area contributed by atoms with Crippen LogP contribution >= 0.6 is 0 Å². The summed E-state index contributed by atoms with van der Waals surface area (Å²) in [6.07, 6.45) is -0.450. The number of nitrogens with zero attached hydrogens (tertiary/aromatic N) is 1. The number of nitrogens with one attached hydrogen (secondary N) is 1. The standard InChI is InChI=1S/C25H26N2O5/c1-15(2)24(21(28)13-27-22(29)11-12-23(27)30)26-25(31)32-14-20-18-9-5-3-7-16(18)17-8-4-6-10-19(17)20/h3-10,15,20,24H,11-14H2,1-2H3,(H,26,31)/t24-/m0/s1. The number of alkyl carbamates (subject to hydrolysis) is 1. The van der Waals surface area contributed by atoms with Crippen LogP contribution < -0.4 is 5.32 Å². The number of Topliss-reactive ketones (excluding diaryl/α,β-unsaturated/α-hetero) is 1. The molecule has 1 heterocycles. The fraction of sp³-hybridized carbons (Fsp3) is 0.360. The average molecular weight is 434 g/mol. The van der Waals surface area contributed by atoms with Crippen LogP contribution in [0.2, 0.25) is 0 Å². The first kappa shape index (κ1) is 21.7. The molecule has 7 heteroatoms. The van der Waals surface area contributed by atoms with Crippen molar-refractivity contribution in [1.82, 2.24) is 10.2 Å². The minimum atomic E-state index is -0.855. The molecule has 1 saturated heterocycles. The molecule has 0 radical (unpaired) electrons. The van der Waals surface area contributed by atoms with Gasteiger partial charge in [-0.1, -0.05) is 62.4 Å². The lowest BCUT2D eigenvalue weighted by molar-refractivity contribution is -0.142. The molecule has 1 atom stereocenters. The topological polar surface area (TPSA) is 92.8 Å². The Morgan fingerprint density at radius 3 is 2.03 bits per heavy atom. The van der Waals surface area contributed by atoms with Crippen LogP contribution in [0.3, 0.4) is 0 Å². The van der Waals surface area contributed by atoms with Gasteiger partial charge in [0.15, 0.2) is 5.78 Å². The van der Waals surface area contributed by atoms with Gasteiger partial charge in [-0.3, -0.25) is 19.3 Å². The number of hydrogen-bond donors (Lipinski definition) is 1. The maximum Gasteiger partial charge on any atom is 0.407 e. The third-order valence-corrected chi connectivity index (χ3v) is 6.10. The second-order valence-corrected chi connectivity index (χ2v) is 8.53. The number of hydrogen-bond acceptors (Lipinski definition) is 5. The van der Waals surface area contributed by atoms with Gasteiger partial charge in [-0.2, -0.15) is 0 Å². The number of ketones is 1. The molecule has 0 aromatic heterocycles. The third kappa shape index (κ3) is 4.15. The van der Waals surface area contributed by atoms with Crippen molar-refractivity contribution < 1.29 is 23.9 Å². The van der Waals surface area contributed by atoms with Crippen molar-refractivity contribution in [3.63, 3.8) is 0 Å². The lowest BCUT2D eigenvalue weighted by Crippen LogP contribution is -2.49. The molecular formula is C25H26N2O5. The van der Waals surface area contributed by atoms with Crippen LogP contribution in [0, 0.1) is 5.92 Å². The number of rotatable bonds is 7. The Bertz CT molecular complexity index is 1020. The second kappa shape index (κ2) is 8.94. The largest absolute Gasteiger partial charge is 0.449 e. The Morgan fingerprint density at radius 1 is 0.969 bits per heavy atom. The van der Waals surface area contributed by atoms with Crippen LogP contribution in [0.15, 0.2) is 48.5 Å². The van der Waals surface area contributed by atoms with E-state index < -0.39 is 17.9 Å². The molecule has 7 nitrogen and oxygen atoms in total. The highest BCUT2D eigenvalue weighted by atomic mass is 16.5. The van der Waals surface area contributed by atoms with E-state index in [1.807, 2.05) is 36.4 Å². The van der Waals surface area contributed by atoms with E-state index in [0.717, 1.165) is 27.2 Å². The zero-order valence-electron chi connectivity index (χ0n) is 18.2. The summed E-state index contributed by atoms with van der Waals surface area (Å²) in [5.41, 5.74) is 4.47. The van der Waals surface area contributed by atoms with Gasteiger partial charge in [0.2, 0.25) is 11.8 Å². The predicted octanol–water partition coefficient (Wildman–Crippen LogP) is 3.27. The van der Waals surface area contributed by atoms with Gasteiger partial charge in [0, 0.05) is 18.8 Å². The Morgan fingerprint density at radius 2 is 1.50 bits per heavy atom. The van der Waals surface area contributed by atoms with Gasteiger partial charge < -0.3 is 10.1 Å². The van der Waals surface area contributed by atoms with Gasteiger partial charge in [0.1, 0.15) is 6.61 Å². The summed E-state index contributed by atoms with van der Waals surface area (Å²) < 4.78 is 5.53. The van der Waals surface area contributed by atoms with Crippen molar-refractivity contribution >= 4 is 23.7 Å². The lowest BCUT2D eigenvalue weighted by Gasteiger charge is -2.23. The molecular weight excluding hydrogens is 408 g/mol. The molecule has 0 saturated carbocycles. The minimum Gasteiger partial charge on any atom is -0.449 e. The van der Waals surface area contributed by atoms with Gasteiger partial charge in [-0.05, 0) is 28.2 Å². The zero-order chi connectivity index (χ0) is 22.8. The van der Waals surface area contributed by atoms with Crippen molar-refractivity contribution in [2.24, 2.45) is 5.92 Å². The first-order valence-electron chi connectivity index (χ1n) is 10.8. The third-order valence-electron chi connectivity index (χ3n) is 6.10. The highest BCUT2D eigenvalue weighted by Crippen LogP contribution is 2.44. The Kier molecular flexibility index (Phi) is 6.08. The molecule has 0 unspecified atom stereocenters. The summed E-state index contributed by atoms with van der Waals surface area (Å²) in [4.78, 5) is 49.9. The first-order valence-corrected chi connectivity index (χ1v) is 10.8. The normalized spacial score (nSPS) is 16.2. The van der Waals surface area contributed by atoms with Crippen molar-refractivity contribution in [2.75, 3.05) is 13.2 Å². The molecule has 2 aromatic carbocycles. The van der Waals surface area contributed by atoms with Gasteiger partial charge in [0.05, 0.1) is 12.6 Å². The SMILES string of the molecule is CC(C)[C@H](NC(=O)OCC1c2ccccc2-c2ccccc21)C(=O)CN1C(=O)CCC1=O. The molecule has 4 rings (SSSR count). The van der Waals surface area contributed by atoms with E-state index in [-0.39, 0.29) is 49.6 Å². The number of carbonyl (C=O) groups excluding carboxylic acids is 4. The first-order chi connectivity index (χ1) is 15.4. The van der Waals surface area contributed by atoms with E-state index in [4.69, 9.17) is 4.74 Å². The molecule has 0 spiro atoms. The number of carbonyl (C=O) groups is 4. The van der Waals surface area contributed by atoms with Crippen molar-refractivity contribution in [2.45, 2.75) is 38.6 Å². The van der Waals surface area contributed by atoms with Crippen molar-refractivity contribution in [3.05, 3.63) is 59.7 Å². The van der Waals surface area contributed by atoms with Crippen molar-refractivity contribution in [3.8, 4) is 11.1 Å². The maximum atomic E-state index is 12.7. The van der Waals surface area contributed by atoms with E-state index in [1.54, 1.807) is 13.8 Å². The average Bonchev–Trinajstić information content (AvgIpc) is 3.27. The molecule has 1 aliphatic carbocycles. The van der Waals surface area contributed by atoms with E-state index in [2.05, 4.69) is 17.4 Å². The summed E-state index contributed by atoms with van der Waals surface area (Å²) >= 11 is 0. The van der Waals surface area contributed by atoms with Crippen LogP contribution in [-0.4, -0.2) is 47.8 Å². The monoisotopic (exact) mass is 434 g/mol. The summed E-state index contributed by atoms with van der Waals surface area (Å²) in [5.74, 6) is -1.41. The summed E-state index contributed by atoms with van der Waals surface area (Å²) in [7, 11) is 0. The Balaban J connectivity index is 1.41. The summed E-state index contributed by atoms with van der Waals surface area (Å²) in [6, 6.07) is 15.2. The second-order valence-electron chi connectivity index (χ2n) is 8.53. The number of fused-ring (bicyclic) bond motifs is 3. The van der Waals surface area contributed by atoms with E-state index in [0.29, 0.717) is 0 Å². The van der Waals surface area contributed by atoms with Crippen LogP contribution in [-0.2, 0) is 19.1 Å². The fourth-order valence-electron chi connectivity index (χ4n) is 4.44. The highest BCUT2D eigenvalue weighted by Gasteiger charge is 2.34. The Hall–Kier alpha value is -3.48. The molecule has 1 fully saturated rings. The van der Waals surface area contributed by atoms with Gasteiger partial charge in [-0.25, -0.2) is 4.79 Å². The van der Waals surface area contributed by atoms with E-state index in [1.165, 1.54) is 0 Å². The fourth-order valence-corrected chi connectivity index (χ4v) is 4.44. The molecule has 1 N–H and O–H groups in total. The molecule has 166 valence electrons. The van der Waals surface area contributed by atoms with Crippen molar-refractivity contribution in [1.29, 1.82) is 0 Å². The smallest absolute Gasteiger partial charge is 0.407 e. The lowest BCUT2D eigenvalue weighted by atomic mass is 9.98. The minimum absolute atomic E-state index is 0.0822. The molecule has 32 heavy (non-hydrogen) atoms. The van der Waals surface area contributed by atoms with E-state index >= 15 is 0 Å². The van der Waals surface area contributed by atoms with Crippen LogP contribution in [0.5, 0.6) is 0 Å². The molecule has 0 bridgehead atoms. The number of amides is 3. The van der Waals surface area contributed by atoms with Gasteiger partial charge in [0.25, 0.3) is 0 Å². The predicted molar refractivity (Wildman–Crippen MR) is 118 cm³/mol. The van der Waals surface area contributed by atoms with E-state index in [9.17, 15) is 19.2 Å². The molecule has 2 aliphatic rings. The van der Waals surface area contributed by atoms with Crippen LogP contribution in [0.1, 0.15) is 43.7 Å². The zero-order valence-corrected chi connectivity index (χ0v) is 18.2. The number of ether oxygens (including phenoxy) is 1. The molecule has 1 aliphatic heterocycles. The highest BCUT2D eigenvalue weighted by molar-refractivity contribution is 6.05.